The number of rotatable bonds is 3. The number of amidine groups is 1. The highest BCUT2D eigenvalue weighted by atomic mass is 15.1. The predicted molar refractivity (Wildman–Crippen MR) is 98.3 cm³/mol. The number of nitrogens with zero attached hydrogens (tertiary/aromatic N) is 1. The van der Waals surface area contributed by atoms with Gasteiger partial charge < -0.3 is 22.1 Å². The van der Waals surface area contributed by atoms with Gasteiger partial charge in [-0.2, -0.15) is 0 Å². The van der Waals surface area contributed by atoms with E-state index in [1.165, 1.54) is 29.7 Å². The Morgan fingerprint density at radius 1 is 1.29 bits per heavy atom. The average molecular weight is 325 g/mol. The molecule has 1 spiro atoms. The fourth-order valence-corrected chi connectivity index (χ4v) is 4.57. The zero-order valence-electron chi connectivity index (χ0n) is 14.1. The van der Waals surface area contributed by atoms with Crippen LogP contribution in [0.1, 0.15) is 25.7 Å². The highest BCUT2D eigenvalue weighted by molar-refractivity contribution is 5.91. The molecule has 4 aliphatic rings. The van der Waals surface area contributed by atoms with Gasteiger partial charge in [0.2, 0.25) is 0 Å². The summed E-state index contributed by atoms with van der Waals surface area (Å²) in [5.41, 5.74) is 16.1. The van der Waals surface area contributed by atoms with E-state index in [-0.39, 0.29) is 6.04 Å². The fourth-order valence-electron chi connectivity index (χ4n) is 4.57. The van der Waals surface area contributed by atoms with Crippen molar-refractivity contribution in [1.82, 2.24) is 10.6 Å². The lowest BCUT2D eigenvalue weighted by molar-refractivity contribution is 0.148. The van der Waals surface area contributed by atoms with Crippen molar-refractivity contribution < 1.29 is 0 Å². The lowest BCUT2D eigenvalue weighted by Crippen LogP contribution is -2.48. The Morgan fingerprint density at radius 3 is 2.92 bits per heavy atom. The van der Waals surface area contributed by atoms with Gasteiger partial charge in [0.25, 0.3) is 0 Å². The normalized spacial score (nSPS) is 28.7. The summed E-state index contributed by atoms with van der Waals surface area (Å²) in [7, 11) is 0. The Bertz CT molecular complexity index is 661. The summed E-state index contributed by atoms with van der Waals surface area (Å²) >= 11 is 0. The molecule has 1 saturated heterocycles. The second kappa shape index (κ2) is 6.31. The van der Waals surface area contributed by atoms with Crippen LogP contribution in [-0.2, 0) is 0 Å². The summed E-state index contributed by atoms with van der Waals surface area (Å²) in [5, 5.41) is 7.05. The third-order valence-corrected chi connectivity index (χ3v) is 5.88. The van der Waals surface area contributed by atoms with Crippen LogP contribution in [0.25, 0.3) is 0 Å². The molecule has 6 N–H and O–H groups in total. The first kappa shape index (κ1) is 15.8. The van der Waals surface area contributed by atoms with Crippen molar-refractivity contribution in [2.75, 3.05) is 19.6 Å². The Labute approximate surface area is 143 Å². The minimum atomic E-state index is -0.128. The molecule has 4 rings (SSSR count). The van der Waals surface area contributed by atoms with Crippen molar-refractivity contribution in [2.24, 2.45) is 27.8 Å². The number of nitrogens with one attached hydrogen (secondary N) is 2. The fraction of sp³-hybridized carbons (Fsp3) is 0.526. The number of fused-ring (bicyclic) bond motifs is 3. The topological polar surface area (TPSA) is 88.5 Å². The zero-order valence-corrected chi connectivity index (χ0v) is 14.1. The van der Waals surface area contributed by atoms with E-state index in [0.29, 0.717) is 17.9 Å². The van der Waals surface area contributed by atoms with Crippen LogP contribution in [0.15, 0.2) is 52.3 Å². The van der Waals surface area contributed by atoms with Crippen LogP contribution in [0.4, 0.5) is 0 Å². The molecular formula is C19H27N5. The standard InChI is InChI=1S/C19H27N5/c20-8-5-16(21)18-23-12-13-11-19(6-9-22-10-7-19)15-4-2-1-3-14(15)17(13)24-18/h1-4,12,15-16,22H,5-11,20-21H2,(H,23,24). The van der Waals surface area contributed by atoms with Crippen molar-refractivity contribution in [3.05, 3.63) is 47.3 Å². The van der Waals surface area contributed by atoms with Crippen LogP contribution >= 0.6 is 0 Å². The molecule has 2 aliphatic heterocycles. The SMILES string of the molecule is NCCC(N)C1=NC=C2CC3(CCNCC3)C3C=CC=CC3=C2N1. The molecule has 5 nitrogen and oxygen atoms in total. The van der Waals surface area contributed by atoms with E-state index in [9.17, 15) is 0 Å². The van der Waals surface area contributed by atoms with Crippen molar-refractivity contribution in [2.45, 2.75) is 31.7 Å². The summed E-state index contributed by atoms with van der Waals surface area (Å²) in [6, 6.07) is -0.128. The minimum absolute atomic E-state index is 0.128. The Hall–Kier alpha value is -1.69. The second-order valence-electron chi connectivity index (χ2n) is 7.32. The van der Waals surface area contributed by atoms with Gasteiger partial charge in [-0.15, -0.1) is 0 Å². The van der Waals surface area contributed by atoms with Crippen LogP contribution in [0.3, 0.4) is 0 Å². The van der Waals surface area contributed by atoms with Crippen LogP contribution < -0.4 is 22.1 Å². The summed E-state index contributed by atoms with van der Waals surface area (Å²) in [5.74, 6) is 1.32. The van der Waals surface area contributed by atoms with Gasteiger partial charge >= 0.3 is 0 Å². The summed E-state index contributed by atoms with van der Waals surface area (Å²) < 4.78 is 0. The average Bonchev–Trinajstić information content (AvgIpc) is 2.63. The van der Waals surface area contributed by atoms with Gasteiger partial charge in [0.15, 0.2) is 0 Å². The lowest BCUT2D eigenvalue weighted by atomic mass is 9.58. The van der Waals surface area contributed by atoms with Crippen molar-refractivity contribution >= 4 is 5.84 Å². The number of allylic oxidation sites excluding steroid dienone is 6. The maximum Gasteiger partial charge on any atom is 0.123 e. The van der Waals surface area contributed by atoms with Gasteiger partial charge in [-0.3, -0.25) is 0 Å². The number of nitrogens with two attached hydrogens (primary N) is 2. The predicted octanol–water partition coefficient (Wildman–Crippen LogP) is 1.32. The summed E-state index contributed by atoms with van der Waals surface area (Å²) in [4.78, 5) is 4.62. The summed E-state index contributed by atoms with van der Waals surface area (Å²) in [6.07, 6.45) is 15.3. The summed E-state index contributed by atoms with van der Waals surface area (Å²) in [6.45, 7) is 2.78. The molecule has 128 valence electrons. The number of hydrogen-bond acceptors (Lipinski definition) is 5. The van der Waals surface area contributed by atoms with E-state index >= 15 is 0 Å². The van der Waals surface area contributed by atoms with Crippen molar-refractivity contribution in [1.29, 1.82) is 0 Å². The molecule has 0 aromatic rings. The largest absolute Gasteiger partial charge is 0.342 e. The van der Waals surface area contributed by atoms with E-state index < -0.39 is 0 Å². The van der Waals surface area contributed by atoms with E-state index in [1.54, 1.807) is 0 Å². The first-order valence-electron chi connectivity index (χ1n) is 9.03. The van der Waals surface area contributed by atoms with Gasteiger partial charge in [-0.05, 0) is 61.9 Å². The molecule has 0 amide bonds. The molecule has 5 heteroatoms. The van der Waals surface area contributed by atoms with Crippen LogP contribution in [0, 0.1) is 11.3 Å². The van der Waals surface area contributed by atoms with E-state index in [2.05, 4.69) is 39.9 Å². The lowest BCUT2D eigenvalue weighted by Gasteiger charge is -2.49. The molecule has 0 aromatic carbocycles. The Morgan fingerprint density at radius 2 is 2.12 bits per heavy atom. The second-order valence-corrected chi connectivity index (χ2v) is 7.32. The molecule has 2 aliphatic carbocycles. The van der Waals surface area contributed by atoms with Gasteiger partial charge in [-0.25, -0.2) is 4.99 Å². The molecule has 0 radical (unpaired) electrons. The van der Waals surface area contributed by atoms with E-state index in [4.69, 9.17) is 11.5 Å². The maximum absolute atomic E-state index is 6.22. The van der Waals surface area contributed by atoms with E-state index in [1.807, 2.05) is 6.20 Å². The van der Waals surface area contributed by atoms with Crippen molar-refractivity contribution in [3.8, 4) is 0 Å². The van der Waals surface area contributed by atoms with Crippen molar-refractivity contribution in [3.63, 3.8) is 0 Å². The maximum atomic E-state index is 6.22. The Kier molecular flexibility index (Phi) is 4.16. The number of hydrogen-bond donors (Lipinski definition) is 4. The first-order chi connectivity index (χ1) is 11.7. The molecule has 24 heavy (non-hydrogen) atoms. The Balaban J connectivity index is 1.72. The van der Waals surface area contributed by atoms with Gasteiger partial charge in [0, 0.05) is 17.8 Å². The smallest absolute Gasteiger partial charge is 0.123 e. The molecule has 2 heterocycles. The van der Waals surface area contributed by atoms with Crippen LogP contribution in [-0.4, -0.2) is 31.5 Å². The molecular weight excluding hydrogens is 298 g/mol. The highest BCUT2D eigenvalue weighted by Crippen LogP contribution is 2.53. The molecule has 0 aromatic heterocycles. The monoisotopic (exact) mass is 325 g/mol. The molecule has 0 saturated carbocycles. The van der Waals surface area contributed by atoms with Crippen LogP contribution in [0.5, 0.6) is 0 Å². The number of aliphatic imine (C=N–C) groups is 1. The zero-order chi connectivity index (χ0) is 16.6. The van der Waals surface area contributed by atoms with Gasteiger partial charge in [-0.1, -0.05) is 24.3 Å². The molecule has 0 bridgehead atoms. The van der Waals surface area contributed by atoms with E-state index in [0.717, 1.165) is 31.8 Å². The van der Waals surface area contributed by atoms with Gasteiger partial charge in [0.05, 0.1) is 6.04 Å². The third kappa shape index (κ3) is 2.57. The molecule has 1 fully saturated rings. The minimum Gasteiger partial charge on any atom is -0.342 e. The van der Waals surface area contributed by atoms with Crippen LogP contribution in [0.2, 0.25) is 0 Å². The molecule has 2 unspecified atom stereocenters. The highest BCUT2D eigenvalue weighted by Gasteiger charge is 2.46. The molecule has 2 atom stereocenters. The van der Waals surface area contributed by atoms with Gasteiger partial charge in [0.1, 0.15) is 5.84 Å². The third-order valence-electron chi connectivity index (χ3n) is 5.88. The first-order valence-corrected chi connectivity index (χ1v) is 9.03. The quantitative estimate of drug-likeness (QED) is 0.630. The number of piperidine rings is 1.